The number of fused-ring (bicyclic) bond motifs is 3. The standard InChI is InChI=1S/C20H14BrClN2O3/c21-11-3-6-18-14(8-11)16-10-15(13-9-12(22)4-5-17(13)25)23-24(16)20(27-18)19-2-1-7-26-19/h1-9,16,20,25H,10H2/t16-,20-/m1/s1. The molecule has 0 spiro atoms. The fourth-order valence-corrected chi connectivity index (χ4v) is 4.13. The number of hydrogen-bond acceptors (Lipinski definition) is 5. The molecule has 27 heavy (non-hydrogen) atoms. The van der Waals surface area contributed by atoms with Gasteiger partial charge in [-0.15, -0.1) is 0 Å². The Balaban J connectivity index is 1.63. The highest BCUT2D eigenvalue weighted by molar-refractivity contribution is 9.10. The molecule has 0 amide bonds. The summed E-state index contributed by atoms with van der Waals surface area (Å²) in [4.78, 5) is 0. The van der Waals surface area contributed by atoms with Gasteiger partial charge in [-0.05, 0) is 48.5 Å². The molecule has 0 saturated carbocycles. The molecule has 3 aromatic rings. The Kier molecular flexibility index (Phi) is 3.91. The van der Waals surface area contributed by atoms with Crippen LogP contribution in [0.2, 0.25) is 5.02 Å². The Hall–Kier alpha value is -2.44. The van der Waals surface area contributed by atoms with Crippen LogP contribution in [-0.2, 0) is 0 Å². The van der Waals surface area contributed by atoms with Crippen LogP contribution in [0.1, 0.15) is 35.6 Å². The molecule has 3 heterocycles. The molecule has 0 saturated heterocycles. The van der Waals surface area contributed by atoms with Crippen molar-refractivity contribution in [1.82, 2.24) is 5.01 Å². The number of furan rings is 1. The van der Waals surface area contributed by atoms with Gasteiger partial charge in [0.15, 0.2) is 5.76 Å². The summed E-state index contributed by atoms with van der Waals surface area (Å²) in [6.45, 7) is 0. The Bertz CT molecular complexity index is 1050. The first-order valence-corrected chi connectivity index (χ1v) is 9.61. The number of benzene rings is 2. The minimum absolute atomic E-state index is 0.0327. The Morgan fingerprint density at radius 2 is 2.07 bits per heavy atom. The average Bonchev–Trinajstić information content (AvgIpc) is 3.33. The van der Waals surface area contributed by atoms with E-state index in [4.69, 9.17) is 25.9 Å². The SMILES string of the molecule is Oc1ccc(Cl)cc1C1=NN2[C@H](C1)c1cc(Br)ccc1O[C@@H]2c1ccco1. The number of hydrogen-bond donors (Lipinski definition) is 1. The van der Waals surface area contributed by atoms with Crippen molar-refractivity contribution in [1.29, 1.82) is 0 Å². The zero-order valence-corrected chi connectivity index (χ0v) is 16.3. The van der Waals surface area contributed by atoms with Crippen molar-refractivity contribution < 1.29 is 14.3 Å². The van der Waals surface area contributed by atoms with Gasteiger partial charge in [0, 0.05) is 27.0 Å². The molecule has 0 unspecified atom stereocenters. The molecule has 0 fully saturated rings. The molecule has 136 valence electrons. The van der Waals surface area contributed by atoms with E-state index in [0.717, 1.165) is 21.5 Å². The summed E-state index contributed by atoms with van der Waals surface area (Å²) >= 11 is 9.67. The predicted molar refractivity (Wildman–Crippen MR) is 105 cm³/mol. The molecule has 1 aromatic heterocycles. The van der Waals surface area contributed by atoms with Crippen LogP contribution >= 0.6 is 27.5 Å². The Morgan fingerprint density at radius 3 is 2.89 bits per heavy atom. The van der Waals surface area contributed by atoms with E-state index in [9.17, 15) is 5.11 Å². The number of rotatable bonds is 2. The lowest BCUT2D eigenvalue weighted by Gasteiger charge is -2.37. The lowest BCUT2D eigenvalue weighted by molar-refractivity contribution is -0.0325. The third kappa shape index (κ3) is 2.80. The molecule has 0 bridgehead atoms. The number of aromatic hydroxyl groups is 1. The van der Waals surface area contributed by atoms with Gasteiger partial charge in [0.25, 0.3) is 0 Å². The van der Waals surface area contributed by atoms with Gasteiger partial charge in [-0.25, -0.2) is 5.01 Å². The van der Waals surface area contributed by atoms with Gasteiger partial charge in [-0.3, -0.25) is 0 Å². The van der Waals surface area contributed by atoms with E-state index in [1.807, 2.05) is 35.3 Å². The normalized spacial score (nSPS) is 20.7. The van der Waals surface area contributed by atoms with Gasteiger partial charge in [0.1, 0.15) is 11.5 Å². The smallest absolute Gasteiger partial charge is 0.246 e. The fourth-order valence-electron chi connectivity index (χ4n) is 3.58. The van der Waals surface area contributed by atoms with Crippen molar-refractivity contribution in [3.8, 4) is 11.5 Å². The molecule has 2 atom stereocenters. The first kappa shape index (κ1) is 16.7. The number of hydrazone groups is 1. The van der Waals surface area contributed by atoms with Crippen LogP contribution in [0.15, 0.2) is 68.8 Å². The summed E-state index contributed by atoms with van der Waals surface area (Å²) in [6.07, 6.45) is 1.77. The topological polar surface area (TPSA) is 58.2 Å². The molecular formula is C20H14BrClN2O3. The molecule has 5 nitrogen and oxygen atoms in total. The number of ether oxygens (including phenoxy) is 1. The lowest BCUT2D eigenvalue weighted by Crippen LogP contribution is -2.33. The van der Waals surface area contributed by atoms with Crippen molar-refractivity contribution in [3.63, 3.8) is 0 Å². The summed E-state index contributed by atoms with van der Waals surface area (Å²) in [5, 5.41) is 17.5. The van der Waals surface area contributed by atoms with Crippen LogP contribution < -0.4 is 4.74 Å². The van der Waals surface area contributed by atoms with Crippen molar-refractivity contribution in [2.24, 2.45) is 5.10 Å². The third-order valence-electron chi connectivity index (χ3n) is 4.81. The zero-order valence-electron chi connectivity index (χ0n) is 14.0. The number of halogens is 2. The monoisotopic (exact) mass is 444 g/mol. The second-order valence-corrected chi connectivity index (χ2v) is 7.83. The van der Waals surface area contributed by atoms with Crippen molar-refractivity contribution >= 4 is 33.2 Å². The summed E-state index contributed by atoms with van der Waals surface area (Å²) in [7, 11) is 0. The molecule has 5 rings (SSSR count). The molecule has 2 aliphatic heterocycles. The minimum Gasteiger partial charge on any atom is -0.507 e. The van der Waals surface area contributed by atoms with Crippen molar-refractivity contribution in [3.05, 3.63) is 81.2 Å². The average molecular weight is 446 g/mol. The van der Waals surface area contributed by atoms with Gasteiger partial charge in [-0.2, -0.15) is 5.10 Å². The maximum Gasteiger partial charge on any atom is 0.246 e. The largest absolute Gasteiger partial charge is 0.507 e. The van der Waals surface area contributed by atoms with Crippen LogP contribution in [0, 0.1) is 0 Å². The van der Waals surface area contributed by atoms with E-state index < -0.39 is 6.23 Å². The van der Waals surface area contributed by atoms with E-state index in [1.54, 1.807) is 24.5 Å². The van der Waals surface area contributed by atoms with E-state index in [0.29, 0.717) is 22.8 Å². The zero-order chi connectivity index (χ0) is 18.5. The summed E-state index contributed by atoms with van der Waals surface area (Å²) in [5.74, 6) is 1.63. The molecular weight excluding hydrogens is 432 g/mol. The van der Waals surface area contributed by atoms with Crippen LogP contribution in [0.4, 0.5) is 0 Å². The van der Waals surface area contributed by atoms with Crippen molar-refractivity contribution in [2.75, 3.05) is 0 Å². The molecule has 0 radical (unpaired) electrons. The summed E-state index contributed by atoms with van der Waals surface area (Å²) in [6, 6.07) is 14.6. The van der Waals surface area contributed by atoms with Crippen LogP contribution in [0.25, 0.3) is 0 Å². The van der Waals surface area contributed by atoms with Gasteiger partial charge in [0.05, 0.1) is 18.0 Å². The number of phenols is 1. The molecule has 7 heteroatoms. The Labute approximate surface area is 168 Å². The van der Waals surface area contributed by atoms with E-state index >= 15 is 0 Å². The van der Waals surface area contributed by atoms with Gasteiger partial charge >= 0.3 is 0 Å². The first-order valence-electron chi connectivity index (χ1n) is 8.44. The highest BCUT2D eigenvalue weighted by Crippen LogP contribution is 2.48. The fraction of sp³-hybridized carbons (Fsp3) is 0.150. The van der Waals surface area contributed by atoms with Gasteiger partial charge < -0.3 is 14.3 Å². The maximum absolute atomic E-state index is 10.3. The van der Waals surface area contributed by atoms with Crippen LogP contribution in [0.5, 0.6) is 11.5 Å². The second-order valence-electron chi connectivity index (χ2n) is 6.48. The molecule has 1 N–H and O–H groups in total. The highest BCUT2D eigenvalue weighted by Gasteiger charge is 2.42. The predicted octanol–water partition coefficient (Wildman–Crippen LogP) is 5.64. The van der Waals surface area contributed by atoms with E-state index in [-0.39, 0.29) is 11.8 Å². The summed E-state index contributed by atoms with van der Waals surface area (Å²) < 4.78 is 12.8. The van der Waals surface area contributed by atoms with Crippen LogP contribution in [-0.4, -0.2) is 15.8 Å². The molecule has 2 aliphatic rings. The maximum atomic E-state index is 10.3. The first-order chi connectivity index (χ1) is 13.1. The highest BCUT2D eigenvalue weighted by atomic mass is 79.9. The summed E-state index contributed by atoms with van der Waals surface area (Å²) in [5.41, 5.74) is 2.42. The van der Waals surface area contributed by atoms with Crippen LogP contribution in [0.3, 0.4) is 0 Å². The van der Waals surface area contributed by atoms with Gasteiger partial charge in [-0.1, -0.05) is 27.5 Å². The number of phenolic OH excluding ortho intramolecular Hbond substituents is 1. The number of nitrogens with zero attached hydrogens (tertiary/aromatic N) is 2. The molecule has 0 aliphatic carbocycles. The lowest BCUT2D eigenvalue weighted by atomic mass is 9.96. The van der Waals surface area contributed by atoms with Gasteiger partial charge in [0.2, 0.25) is 6.23 Å². The van der Waals surface area contributed by atoms with E-state index in [2.05, 4.69) is 15.9 Å². The van der Waals surface area contributed by atoms with Crippen molar-refractivity contribution in [2.45, 2.75) is 18.7 Å². The molecule has 2 aromatic carbocycles. The Morgan fingerprint density at radius 1 is 1.19 bits per heavy atom. The second kappa shape index (κ2) is 6.32. The minimum atomic E-state index is -0.475. The third-order valence-corrected chi connectivity index (χ3v) is 5.54. The quantitative estimate of drug-likeness (QED) is 0.554. The van der Waals surface area contributed by atoms with E-state index in [1.165, 1.54) is 0 Å².